The van der Waals surface area contributed by atoms with Gasteiger partial charge in [0.25, 0.3) is 0 Å². The van der Waals surface area contributed by atoms with Gasteiger partial charge in [0.05, 0.1) is 19.0 Å². The van der Waals surface area contributed by atoms with Crippen molar-refractivity contribution in [1.82, 2.24) is 4.90 Å². The first-order valence-corrected chi connectivity index (χ1v) is 8.58. The first-order chi connectivity index (χ1) is 11.1. The number of anilines is 1. The average molecular weight is 313 g/mol. The van der Waals surface area contributed by atoms with Crippen LogP contribution in [-0.2, 0) is 4.79 Å². The molecule has 0 aliphatic carbocycles. The second-order valence-electron chi connectivity index (χ2n) is 6.49. The lowest BCUT2D eigenvalue weighted by Gasteiger charge is -2.27. The average Bonchev–Trinajstić information content (AvgIpc) is 2.75. The summed E-state index contributed by atoms with van der Waals surface area (Å²) in [5, 5.41) is 8.91. The molecule has 4 nitrogen and oxygen atoms in total. The fourth-order valence-corrected chi connectivity index (χ4v) is 3.24. The number of hydrogen-bond donors (Lipinski definition) is 0. The predicted octanol–water partition coefficient (Wildman–Crippen LogP) is 3.43. The molecule has 0 saturated carbocycles. The molecule has 0 aromatic heterocycles. The van der Waals surface area contributed by atoms with Crippen molar-refractivity contribution in [2.75, 3.05) is 31.1 Å². The normalized spacial score (nSPS) is 15.7. The molecule has 1 aromatic carbocycles. The minimum atomic E-state index is 0.104. The third-order valence-electron chi connectivity index (χ3n) is 4.32. The lowest BCUT2D eigenvalue weighted by atomic mass is 10.1. The van der Waals surface area contributed by atoms with E-state index in [1.807, 2.05) is 26.0 Å². The van der Waals surface area contributed by atoms with Crippen LogP contribution in [0.15, 0.2) is 18.2 Å². The van der Waals surface area contributed by atoms with Gasteiger partial charge in [0.2, 0.25) is 5.91 Å². The topological polar surface area (TPSA) is 47.3 Å². The van der Waals surface area contributed by atoms with Gasteiger partial charge < -0.3 is 4.90 Å². The molecule has 1 aliphatic rings. The molecule has 1 aromatic rings. The Morgan fingerprint density at radius 3 is 2.30 bits per heavy atom. The SMILES string of the molecule is Cc1cc(C)cc(N(CCC#N)C(=O)CN2CCCCCC2)c1. The van der Waals surface area contributed by atoms with Crippen molar-refractivity contribution in [1.29, 1.82) is 5.26 Å². The Labute approximate surface area is 139 Å². The van der Waals surface area contributed by atoms with Gasteiger partial charge in [0, 0.05) is 12.2 Å². The number of carbonyl (C=O) groups is 1. The standard InChI is InChI=1S/C19H27N3O/c1-16-12-17(2)14-18(13-16)22(11-7-8-20)19(23)15-21-9-5-3-4-6-10-21/h12-14H,3-7,9-11,15H2,1-2H3. The molecule has 0 spiro atoms. The molecule has 2 rings (SSSR count). The molecule has 124 valence electrons. The highest BCUT2D eigenvalue weighted by atomic mass is 16.2. The highest BCUT2D eigenvalue weighted by molar-refractivity contribution is 5.95. The van der Waals surface area contributed by atoms with Crippen molar-refractivity contribution >= 4 is 11.6 Å². The van der Waals surface area contributed by atoms with Crippen LogP contribution < -0.4 is 4.90 Å². The first kappa shape index (κ1) is 17.5. The molecular formula is C19H27N3O. The second kappa shape index (κ2) is 8.69. The number of aryl methyl sites for hydroxylation is 2. The highest BCUT2D eigenvalue weighted by Gasteiger charge is 2.20. The summed E-state index contributed by atoms with van der Waals surface area (Å²) in [5.41, 5.74) is 3.20. The maximum absolute atomic E-state index is 12.8. The Morgan fingerprint density at radius 2 is 1.74 bits per heavy atom. The minimum absolute atomic E-state index is 0.104. The van der Waals surface area contributed by atoms with Crippen molar-refractivity contribution in [2.24, 2.45) is 0 Å². The van der Waals surface area contributed by atoms with E-state index in [0.29, 0.717) is 19.5 Å². The van der Waals surface area contributed by atoms with E-state index in [9.17, 15) is 4.79 Å². The number of nitrogens with zero attached hydrogens (tertiary/aromatic N) is 3. The lowest BCUT2D eigenvalue weighted by molar-refractivity contribution is -0.119. The van der Waals surface area contributed by atoms with E-state index in [-0.39, 0.29) is 5.91 Å². The van der Waals surface area contributed by atoms with Crippen molar-refractivity contribution in [3.05, 3.63) is 29.3 Å². The Balaban J connectivity index is 2.12. The van der Waals surface area contributed by atoms with Gasteiger partial charge in [-0.25, -0.2) is 0 Å². The Kier molecular flexibility index (Phi) is 6.61. The summed E-state index contributed by atoms with van der Waals surface area (Å²) >= 11 is 0. The summed E-state index contributed by atoms with van der Waals surface area (Å²) in [4.78, 5) is 16.9. The van der Waals surface area contributed by atoms with Crippen LogP contribution in [0, 0.1) is 25.2 Å². The van der Waals surface area contributed by atoms with E-state index in [1.54, 1.807) is 4.90 Å². The van der Waals surface area contributed by atoms with Gasteiger partial charge >= 0.3 is 0 Å². The molecular weight excluding hydrogens is 286 g/mol. The van der Waals surface area contributed by atoms with Crippen molar-refractivity contribution in [3.63, 3.8) is 0 Å². The number of rotatable bonds is 5. The molecule has 1 saturated heterocycles. The van der Waals surface area contributed by atoms with Gasteiger partial charge in [-0.05, 0) is 63.0 Å². The van der Waals surface area contributed by atoms with Crippen LogP contribution in [0.4, 0.5) is 5.69 Å². The molecule has 0 N–H and O–H groups in total. The van der Waals surface area contributed by atoms with Crippen molar-refractivity contribution in [2.45, 2.75) is 46.0 Å². The molecule has 1 heterocycles. The monoisotopic (exact) mass is 313 g/mol. The number of benzene rings is 1. The van der Waals surface area contributed by atoms with E-state index in [0.717, 1.165) is 29.9 Å². The third-order valence-corrected chi connectivity index (χ3v) is 4.32. The van der Waals surface area contributed by atoms with E-state index in [1.165, 1.54) is 25.7 Å². The third kappa shape index (κ3) is 5.37. The molecule has 23 heavy (non-hydrogen) atoms. The van der Waals surface area contributed by atoms with Gasteiger partial charge in [-0.15, -0.1) is 0 Å². The number of likely N-dealkylation sites (tertiary alicyclic amines) is 1. The number of carbonyl (C=O) groups excluding carboxylic acids is 1. The predicted molar refractivity (Wildman–Crippen MR) is 93.4 cm³/mol. The number of nitriles is 1. The van der Waals surface area contributed by atoms with Crippen LogP contribution in [0.3, 0.4) is 0 Å². The molecule has 0 unspecified atom stereocenters. The van der Waals surface area contributed by atoms with Crippen molar-refractivity contribution in [3.8, 4) is 6.07 Å². The molecule has 0 radical (unpaired) electrons. The molecule has 1 aliphatic heterocycles. The Morgan fingerprint density at radius 1 is 1.13 bits per heavy atom. The van der Waals surface area contributed by atoms with E-state index in [2.05, 4.69) is 17.0 Å². The summed E-state index contributed by atoms with van der Waals surface area (Å²) in [6.45, 7) is 7.01. The summed E-state index contributed by atoms with van der Waals surface area (Å²) in [5.74, 6) is 0.104. The summed E-state index contributed by atoms with van der Waals surface area (Å²) in [6.07, 6.45) is 5.24. The largest absolute Gasteiger partial charge is 0.310 e. The summed E-state index contributed by atoms with van der Waals surface area (Å²) < 4.78 is 0. The second-order valence-corrected chi connectivity index (χ2v) is 6.49. The van der Waals surface area contributed by atoms with Crippen LogP contribution in [0.5, 0.6) is 0 Å². The maximum atomic E-state index is 12.8. The minimum Gasteiger partial charge on any atom is -0.310 e. The van der Waals surface area contributed by atoms with Crippen LogP contribution in [0.1, 0.15) is 43.2 Å². The van der Waals surface area contributed by atoms with Gasteiger partial charge in [-0.3, -0.25) is 9.69 Å². The highest BCUT2D eigenvalue weighted by Crippen LogP contribution is 2.20. The van der Waals surface area contributed by atoms with Crippen LogP contribution in [-0.4, -0.2) is 37.0 Å². The summed E-state index contributed by atoms with van der Waals surface area (Å²) in [7, 11) is 0. The molecule has 0 bridgehead atoms. The lowest BCUT2D eigenvalue weighted by Crippen LogP contribution is -2.41. The van der Waals surface area contributed by atoms with Gasteiger partial charge in [0.15, 0.2) is 0 Å². The van der Waals surface area contributed by atoms with Crippen molar-refractivity contribution < 1.29 is 4.79 Å². The fourth-order valence-electron chi connectivity index (χ4n) is 3.24. The zero-order chi connectivity index (χ0) is 16.7. The zero-order valence-electron chi connectivity index (χ0n) is 14.3. The van der Waals surface area contributed by atoms with Crippen LogP contribution >= 0.6 is 0 Å². The Hall–Kier alpha value is -1.86. The zero-order valence-corrected chi connectivity index (χ0v) is 14.3. The van der Waals surface area contributed by atoms with Crippen LogP contribution in [0.2, 0.25) is 0 Å². The number of amides is 1. The summed E-state index contributed by atoms with van der Waals surface area (Å²) in [6, 6.07) is 8.33. The molecule has 1 fully saturated rings. The van der Waals surface area contributed by atoms with E-state index >= 15 is 0 Å². The van der Waals surface area contributed by atoms with Gasteiger partial charge in [0.1, 0.15) is 0 Å². The fraction of sp³-hybridized carbons (Fsp3) is 0.579. The van der Waals surface area contributed by atoms with E-state index in [4.69, 9.17) is 5.26 Å². The number of hydrogen-bond acceptors (Lipinski definition) is 3. The van der Waals surface area contributed by atoms with Crippen LogP contribution in [0.25, 0.3) is 0 Å². The maximum Gasteiger partial charge on any atom is 0.241 e. The first-order valence-electron chi connectivity index (χ1n) is 8.58. The molecule has 1 amide bonds. The van der Waals surface area contributed by atoms with Gasteiger partial charge in [-0.1, -0.05) is 18.9 Å². The molecule has 0 atom stereocenters. The van der Waals surface area contributed by atoms with E-state index < -0.39 is 0 Å². The van der Waals surface area contributed by atoms with Gasteiger partial charge in [-0.2, -0.15) is 5.26 Å². The molecule has 4 heteroatoms. The quantitative estimate of drug-likeness (QED) is 0.837. The smallest absolute Gasteiger partial charge is 0.241 e. The Bertz CT molecular complexity index is 548.